The molecule has 1 aliphatic heterocycles. The molecule has 33 heavy (non-hydrogen) atoms. The SMILES string of the molecule is CCCCc1ccc(N2CC(C(=O)Nc3oc(C)c(C(C)=O)c3C(=O)OCC)CC2=O)cc1. The molecular formula is C25H30N2O6. The number of nitrogens with zero attached hydrogens (tertiary/aromatic N) is 1. The molecule has 1 aliphatic rings. The van der Waals surface area contributed by atoms with Crippen LogP contribution in [0.4, 0.5) is 11.6 Å². The number of Topliss-reactive ketones (excluding diaryl/α,β-unsaturated/α-hetero) is 1. The number of amides is 2. The van der Waals surface area contributed by atoms with E-state index < -0.39 is 17.8 Å². The molecule has 1 fully saturated rings. The van der Waals surface area contributed by atoms with Crippen LogP contribution < -0.4 is 10.2 Å². The van der Waals surface area contributed by atoms with Crippen molar-refractivity contribution in [2.24, 2.45) is 5.92 Å². The van der Waals surface area contributed by atoms with Crippen LogP contribution in [0.2, 0.25) is 0 Å². The topological polar surface area (TPSA) is 106 Å². The van der Waals surface area contributed by atoms with Crippen LogP contribution in [0.25, 0.3) is 0 Å². The summed E-state index contributed by atoms with van der Waals surface area (Å²) in [4.78, 5) is 51.6. The molecule has 176 valence electrons. The summed E-state index contributed by atoms with van der Waals surface area (Å²) in [6.07, 6.45) is 3.25. The fraction of sp³-hybridized carbons (Fsp3) is 0.440. The predicted octanol–water partition coefficient (Wildman–Crippen LogP) is 4.30. The Balaban J connectivity index is 1.75. The van der Waals surface area contributed by atoms with Gasteiger partial charge < -0.3 is 14.1 Å². The van der Waals surface area contributed by atoms with Gasteiger partial charge in [-0.3, -0.25) is 19.7 Å². The lowest BCUT2D eigenvalue weighted by Gasteiger charge is -2.17. The molecule has 1 aromatic heterocycles. The Bertz CT molecular complexity index is 1050. The minimum atomic E-state index is -0.748. The van der Waals surface area contributed by atoms with Gasteiger partial charge in [0, 0.05) is 18.7 Å². The van der Waals surface area contributed by atoms with Gasteiger partial charge in [-0.05, 0) is 51.3 Å². The molecule has 1 N–H and O–H groups in total. The molecular weight excluding hydrogens is 424 g/mol. The highest BCUT2D eigenvalue weighted by molar-refractivity contribution is 6.11. The average molecular weight is 455 g/mol. The molecule has 0 bridgehead atoms. The quantitative estimate of drug-likeness (QED) is 0.447. The zero-order valence-corrected chi connectivity index (χ0v) is 19.5. The van der Waals surface area contributed by atoms with Crippen LogP contribution in [0.15, 0.2) is 28.7 Å². The first-order valence-corrected chi connectivity index (χ1v) is 11.3. The number of furan rings is 1. The van der Waals surface area contributed by atoms with Gasteiger partial charge in [-0.1, -0.05) is 25.5 Å². The number of rotatable bonds is 9. The standard InChI is InChI=1S/C25H30N2O6/c1-5-7-8-17-9-11-19(12-10-17)27-14-18(13-20(27)29)23(30)26-24-22(25(31)32-6-2)21(15(3)28)16(4)33-24/h9-12,18H,5-8,13-14H2,1-4H3,(H,26,30). The molecule has 0 aliphatic carbocycles. The molecule has 1 atom stereocenters. The van der Waals surface area contributed by atoms with Crippen LogP contribution in [-0.4, -0.2) is 36.7 Å². The van der Waals surface area contributed by atoms with E-state index in [1.165, 1.54) is 12.5 Å². The van der Waals surface area contributed by atoms with Crippen molar-refractivity contribution in [2.45, 2.75) is 53.4 Å². The zero-order chi connectivity index (χ0) is 24.1. The second kappa shape index (κ2) is 10.5. The Hall–Kier alpha value is -3.42. The smallest absolute Gasteiger partial charge is 0.344 e. The van der Waals surface area contributed by atoms with Crippen molar-refractivity contribution < 1.29 is 28.3 Å². The summed E-state index contributed by atoms with van der Waals surface area (Å²) in [5.41, 5.74) is 1.94. The van der Waals surface area contributed by atoms with Gasteiger partial charge in [-0.2, -0.15) is 0 Å². The first-order valence-electron chi connectivity index (χ1n) is 11.3. The third-order valence-electron chi connectivity index (χ3n) is 5.72. The van der Waals surface area contributed by atoms with Crippen LogP contribution in [0.3, 0.4) is 0 Å². The maximum atomic E-state index is 12.9. The number of anilines is 2. The van der Waals surface area contributed by atoms with Gasteiger partial charge in [0.1, 0.15) is 11.3 Å². The first-order chi connectivity index (χ1) is 15.8. The molecule has 2 aromatic rings. The molecule has 8 nitrogen and oxygen atoms in total. The van der Waals surface area contributed by atoms with Crippen molar-refractivity contribution in [3.63, 3.8) is 0 Å². The highest BCUT2D eigenvalue weighted by Gasteiger charge is 2.37. The normalized spacial score (nSPS) is 15.6. The first kappa shape index (κ1) is 24.2. The van der Waals surface area contributed by atoms with E-state index in [0.717, 1.165) is 24.9 Å². The summed E-state index contributed by atoms with van der Waals surface area (Å²) in [7, 11) is 0. The van der Waals surface area contributed by atoms with Crippen LogP contribution in [0.5, 0.6) is 0 Å². The third-order valence-corrected chi connectivity index (χ3v) is 5.72. The fourth-order valence-corrected chi connectivity index (χ4v) is 4.02. The molecule has 2 amide bonds. The van der Waals surface area contributed by atoms with Gasteiger partial charge in [0.05, 0.1) is 18.1 Å². The number of unbranched alkanes of at least 4 members (excludes halogenated alkanes) is 1. The highest BCUT2D eigenvalue weighted by atomic mass is 16.5. The van der Waals surface area contributed by atoms with Gasteiger partial charge in [-0.25, -0.2) is 4.79 Å². The molecule has 3 rings (SSSR count). The summed E-state index contributed by atoms with van der Waals surface area (Å²) in [6, 6.07) is 7.81. The number of esters is 1. The molecule has 0 saturated carbocycles. The zero-order valence-electron chi connectivity index (χ0n) is 19.5. The van der Waals surface area contributed by atoms with Crippen molar-refractivity contribution in [3.05, 3.63) is 46.7 Å². The monoisotopic (exact) mass is 454 g/mol. The van der Waals surface area contributed by atoms with E-state index in [1.807, 2.05) is 24.3 Å². The molecule has 1 aromatic carbocycles. The number of hydrogen-bond acceptors (Lipinski definition) is 6. The van der Waals surface area contributed by atoms with Crippen molar-refractivity contribution in [1.29, 1.82) is 0 Å². The summed E-state index contributed by atoms with van der Waals surface area (Å²) in [6.45, 7) is 6.96. The van der Waals surface area contributed by atoms with Crippen LogP contribution in [0.1, 0.15) is 72.1 Å². The number of ether oxygens (including phenoxy) is 1. The Morgan fingerprint density at radius 1 is 1.15 bits per heavy atom. The van der Waals surface area contributed by atoms with E-state index in [2.05, 4.69) is 12.2 Å². The molecule has 0 spiro atoms. The van der Waals surface area contributed by atoms with Crippen molar-refractivity contribution in [3.8, 4) is 0 Å². The molecule has 1 unspecified atom stereocenters. The van der Waals surface area contributed by atoms with Crippen LogP contribution in [0, 0.1) is 12.8 Å². The largest absolute Gasteiger partial charge is 0.462 e. The van der Waals surface area contributed by atoms with Gasteiger partial charge in [0.25, 0.3) is 0 Å². The van der Waals surface area contributed by atoms with E-state index in [-0.39, 0.29) is 54.0 Å². The second-order valence-corrected chi connectivity index (χ2v) is 8.18. The van der Waals surface area contributed by atoms with Gasteiger partial charge in [-0.15, -0.1) is 0 Å². The maximum absolute atomic E-state index is 12.9. The Morgan fingerprint density at radius 2 is 1.85 bits per heavy atom. The minimum Gasteiger partial charge on any atom is -0.462 e. The van der Waals surface area contributed by atoms with E-state index >= 15 is 0 Å². The lowest BCUT2D eigenvalue weighted by Crippen LogP contribution is -2.28. The van der Waals surface area contributed by atoms with E-state index in [0.29, 0.717) is 0 Å². The lowest BCUT2D eigenvalue weighted by molar-refractivity contribution is -0.122. The summed E-state index contributed by atoms with van der Waals surface area (Å²) in [5, 5.41) is 2.60. The van der Waals surface area contributed by atoms with E-state index in [1.54, 1.807) is 18.7 Å². The van der Waals surface area contributed by atoms with E-state index in [4.69, 9.17) is 9.15 Å². The van der Waals surface area contributed by atoms with Crippen molar-refractivity contribution >= 4 is 35.1 Å². The summed E-state index contributed by atoms with van der Waals surface area (Å²) >= 11 is 0. The average Bonchev–Trinajstić information content (AvgIpc) is 3.32. The highest BCUT2D eigenvalue weighted by Crippen LogP contribution is 2.31. The third kappa shape index (κ3) is 5.32. The number of ketones is 1. The summed E-state index contributed by atoms with van der Waals surface area (Å²) < 4.78 is 10.6. The van der Waals surface area contributed by atoms with Crippen molar-refractivity contribution in [2.75, 3.05) is 23.4 Å². The maximum Gasteiger partial charge on any atom is 0.344 e. The number of nitrogens with one attached hydrogen (secondary N) is 1. The number of hydrogen-bond donors (Lipinski definition) is 1. The van der Waals surface area contributed by atoms with Crippen molar-refractivity contribution in [1.82, 2.24) is 0 Å². The number of benzene rings is 1. The van der Waals surface area contributed by atoms with Gasteiger partial charge >= 0.3 is 5.97 Å². The fourth-order valence-electron chi connectivity index (χ4n) is 4.02. The van der Waals surface area contributed by atoms with Crippen LogP contribution in [-0.2, 0) is 20.7 Å². The van der Waals surface area contributed by atoms with Gasteiger partial charge in [0.15, 0.2) is 5.78 Å². The lowest BCUT2D eigenvalue weighted by atomic mass is 10.1. The predicted molar refractivity (Wildman–Crippen MR) is 124 cm³/mol. The number of carbonyl (C=O) groups is 4. The van der Waals surface area contributed by atoms with Gasteiger partial charge in [0.2, 0.25) is 17.7 Å². The summed E-state index contributed by atoms with van der Waals surface area (Å²) in [5.74, 6) is -2.27. The molecule has 0 radical (unpaired) electrons. The second-order valence-electron chi connectivity index (χ2n) is 8.18. The molecule has 1 saturated heterocycles. The number of carbonyl (C=O) groups excluding carboxylic acids is 4. The van der Waals surface area contributed by atoms with Crippen LogP contribution >= 0.6 is 0 Å². The molecule has 8 heteroatoms. The Morgan fingerprint density at radius 3 is 2.45 bits per heavy atom. The Labute approximate surface area is 193 Å². The number of aryl methyl sites for hydroxylation is 2. The Kier molecular flexibility index (Phi) is 7.68. The molecule has 2 heterocycles. The van der Waals surface area contributed by atoms with E-state index in [9.17, 15) is 19.2 Å². The minimum absolute atomic E-state index is 0.0391.